The van der Waals surface area contributed by atoms with E-state index in [1.54, 1.807) is 0 Å². The summed E-state index contributed by atoms with van der Waals surface area (Å²) in [6.45, 7) is 0. The van der Waals surface area contributed by atoms with Crippen molar-refractivity contribution < 1.29 is 0 Å². The summed E-state index contributed by atoms with van der Waals surface area (Å²) < 4.78 is 2.70. The van der Waals surface area contributed by atoms with Gasteiger partial charge in [0.25, 0.3) is 0 Å². The maximum absolute atomic E-state index is 2.36. The third-order valence-corrected chi connectivity index (χ3v) is 7.61. The van der Waals surface area contributed by atoms with Crippen molar-refractivity contribution in [2.45, 2.75) is 0 Å². The van der Waals surface area contributed by atoms with Gasteiger partial charge in [-0.15, -0.1) is 22.7 Å². The highest BCUT2D eigenvalue weighted by molar-refractivity contribution is 7.23. The molecule has 0 N–H and O–H groups in total. The zero-order valence-corrected chi connectivity index (χ0v) is 16.7. The molecule has 6 rings (SSSR count). The topological polar surface area (TPSA) is 0 Å². The van der Waals surface area contributed by atoms with Gasteiger partial charge in [0.2, 0.25) is 0 Å². The molecule has 2 aromatic heterocycles. The van der Waals surface area contributed by atoms with Gasteiger partial charge in [0, 0.05) is 29.9 Å². The van der Waals surface area contributed by atoms with Gasteiger partial charge in [0.15, 0.2) is 0 Å². The van der Waals surface area contributed by atoms with Crippen molar-refractivity contribution in [1.82, 2.24) is 0 Å². The molecule has 0 atom stereocenters. The molecule has 0 aliphatic carbocycles. The van der Waals surface area contributed by atoms with Crippen LogP contribution in [0.3, 0.4) is 0 Å². The molecule has 6 aromatic rings. The van der Waals surface area contributed by atoms with Crippen molar-refractivity contribution in [3.8, 4) is 20.9 Å². The standard InChI is InChI=1S/C26H16S2/c1-3-7-17(8-4-1)25-15-21-19-12-14-24-22(20(19)11-13-23(21)27-25)16-26(28-24)18-9-5-2-6-10-18/h1-16H. The van der Waals surface area contributed by atoms with E-state index in [4.69, 9.17) is 0 Å². The smallest absolute Gasteiger partial charge is 0.0355 e. The second kappa shape index (κ2) is 6.30. The average molecular weight is 393 g/mol. The van der Waals surface area contributed by atoms with E-state index in [9.17, 15) is 0 Å². The molecule has 0 bridgehead atoms. The fourth-order valence-electron chi connectivity index (χ4n) is 3.94. The highest BCUT2D eigenvalue weighted by Gasteiger charge is 2.11. The van der Waals surface area contributed by atoms with Crippen LogP contribution in [0.25, 0.3) is 51.8 Å². The van der Waals surface area contributed by atoms with Gasteiger partial charge in [-0.1, -0.05) is 72.8 Å². The van der Waals surface area contributed by atoms with E-state index >= 15 is 0 Å². The molecule has 0 spiro atoms. The Bertz CT molecular complexity index is 1320. The molecule has 0 fully saturated rings. The predicted molar refractivity (Wildman–Crippen MR) is 126 cm³/mol. The highest BCUT2D eigenvalue weighted by atomic mass is 32.1. The SMILES string of the molecule is c1ccc(-c2cc3c(ccc4c5cc(-c6ccccc6)sc5ccc34)s2)cc1. The van der Waals surface area contributed by atoms with Crippen molar-refractivity contribution in [1.29, 1.82) is 0 Å². The number of rotatable bonds is 2. The van der Waals surface area contributed by atoms with Gasteiger partial charge in [-0.05, 0) is 46.2 Å². The predicted octanol–water partition coefficient (Wildman–Crippen LogP) is 8.60. The quantitative estimate of drug-likeness (QED) is 0.277. The van der Waals surface area contributed by atoms with Crippen LogP contribution in [0.2, 0.25) is 0 Å². The summed E-state index contributed by atoms with van der Waals surface area (Å²) in [7, 11) is 0. The maximum Gasteiger partial charge on any atom is 0.0355 e. The Balaban J connectivity index is 1.59. The normalized spacial score (nSPS) is 11.6. The van der Waals surface area contributed by atoms with Gasteiger partial charge >= 0.3 is 0 Å². The average Bonchev–Trinajstić information content (AvgIpc) is 3.39. The van der Waals surface area contributed by atoms with Crippen molar-refractivity contribution >= 4 is 53.6 Å². The Hall–Kier alpha value is -2.94. The molecule has 2 heteroatoms. The van der Waals surface area contributed by atoms with Crippen LogP contribution in [0.4, 0.5) is 0 Å². The lowest BCUT2D eigenvalue weighted by Crippen LogP contribution is -1.74. The molecule has 0 saturated heterocycles. The monoisotopic (exact) mass is 392 g/mol. The number of benzene rings is 4. The number of fused-ring (bicyclic) bond motifs is 5. The van der Waals surface area contributed by atoms with Crippen molar-refractivity contribution in [2.24, 2.45) is 0 Å². The molecule has 0 amide bonds. The molecule has 0 aliphatic rings. The lowest BCUT2D eigenvalue weighted by atomic mass is 10.0. The zero-order valence-electron chi connectivity index (χ0n) is 15.1. The second-order valence-corrected chi connectivity index (χ2v) is 9.17. The Morgan fingerprint density at radius 2 is 0.821 bits per heavy atom. The molecular formula is C26H16S2. The summed E-state index contributed by atoms with van der Waals surface area (Å²) in [4.78, 5) is 2.66. The van der Waals surface area contributed by atoms with Gasteiger partial charge < -0.3 is 0 Å². The molecule has 132 valence electrons. The Labute approximate surface area is 171 Å². The van der Waals surface area contributed by atoms with Crippen LogP contribution in [0.15, 0.2) is 97.1 Å². The van der Waals surface area contributed by atoms with Crippen LogP contribution in [-0.2, 0) is 0 Å². The maximum atomic E-state index is 2.36. The molecule has 28 heavy (non-hydrogen) atoms. The first-order valence-corrected chi connectivity index (χ1v) is 11.0. The van der Waals surface area contributed by atoms with Crippen LogP contribution >= 0.6 is 22.7 Å². The van der Waals surface area contributed by atoms with E-state index < -0.39 is 0 Å². The van der Waals surface area contributed by atoms with Crippen molar-refractivity contribution in [3.05, 3.63) is 97.1 Å². The lowest BCUT2D eigenvalue weighted by Gasteiger charge is -2.01. The van der Waals surface area contributed by atoms with Crippen molar-refractivity contribution in [2.75, 3.05) is 0 Å². The van der Waals surface area contributed by atoms with Gasteiger partial charge in [-0.25, -0.2) is 0 Å². The molecule has 0 unspecified atom stereocenters. The highest BCUT2D eigenvalue weighted by Crippen LogP contribution is 2.42. The summed E-state index contributed by atoms with van der Waals surface area (Å²) in [5, 5.41) is 5.41. The summed E-state index contributed by atoms with van der Waals surface area (Å²) in [6.07, 6.45) is 0. The molecule has 0 saturated carbocycles. The Morgan fingerprint density at radius 1 is 0.393 bits per heavy atom. The van der Waals surface area contributed by atoms with Crippen LogP contribution in [0.1, 0.15) is 0 Å². The van der Waals surface area contributed by atoms with Crippen LogP contribution in [0, 0.1) is 0 Å². The molecule has 0 nitrogen and oxygen atoms in total. The molecular weight excluding hydrogens is 376 g/mol. The van der Waals surface area contributed by atoms with E-state index in [0.717, 1.165) is 0 Å². The minimum Gasteiger partial charge on any atom is -0.135 e. The first kappa shape index (κ1) is 16.1. The van der Waals surface area contributed by atoms with Gasteiger partial charge in [0.1, 0.15) is 0 Å². The fourth-order valence-corrected chi connectivity index (χ4v) is 6.10. The first-order valence-electron chi connectivity index (χ1n) is 9.36. The summed E-state index contributed by atoms with van der Waals surface area (Å²) >= 11 is 3.75. The minimum absolute atomic E-state index is 1.29. The largest absolute Gasteiger partial charge is 0.135 e. The van der Waals surface area contributed by atoms with Crippen LogP contribution in [-0.4, -0.2) is 0 Å². The van der Waals surface area contributed by atoms with Gasteiger partial charge in [-0.2, -0.15) is 0 Å². The third kappa shape index (κ3) is 2.50. The van der Waals surface area contributed by atoms with Crippen LogP contribution < -0.4 is 0 Å². The molecule has 0 aliphatic heterocycles. The van der Waals surface area contributed by atoms with E-state index in [1.165, 1.54) is 51.8 Å². The van der Waals surface area contributed by atoms with Gasteiger partial charge in [-0.3, -0.25) is 0 Å². The minimum atomic E-state index is 1.29. The van der Waals surface area contributed by atoms with Gasteiger partial charge in [0.05, 0.1) is 0 Å². The lowest BCUT2D eigenvalue weighted by molar-refractivity contribution is 1.70. The molecule has 4 aromatic carbocycles. The van der Waals surface area contributed by atoms with E-state index in [1.807, 2.05) is 22.7 Å². The Morgan fingerprint density at radius 3 is 1.25 bits per heavy atom. The van der Waals surface area contributed by atoms with E-state index in [0.29, 0.717) is 0 Å². The van der Waals surface area contributed by atoms with E-state index in [-0.39, 0.29) is 0 Å². The number of hydrogen-bond donors (Lipinski definition) is 0. The molecule has 2 heterocycles. The third-order valence-electron chi connectivity index (χ3n) is 5.31. The summed E-state index contributed by atoms with van der Waals surface area (Å²) in [6, 6.07) is 35.2. The number of hydrogen-bond acceptors (Lipinski definition) is 2. The summed E-state index contributed by atoms with van der Waals surface area (Å²) in [5.41, 5.74) is 2.58. The first-order chi connectivity index (χ1) is 13.9. The zero-order chi connectivity index (χ0) is 18.5. The van der Waals surface area contributed by atoms with Crippen LogP contribution in [0.5, 0.6) is 0 Å². The number of thiophene rings is 2. The summed E-state index contributed by atoms with van der Waals surface area (Å²) in [5.74, 6) is 0. The second-order valence-electron chi connectivity index (χ2n) is 7.00. The fraction of sp³-hybridized carbons (Fsp3) is 0. The molecule has 0 radical (unpaired) electrons. The van der Waals surface area contributed by atoms with E-state index in [2.05, 4.69) is 97.1 Å². The Kier molecular flexibility index (Phi) is 3.61. The van der Waals surface area contributed by atoms with Crippen molar-refractivity contribution in [3.63, 3.8) is 0 Å².